The van der Waals surface area contributed by atoms with Crippen LogP contribution >= 0.6 is 15.9 Å². The predicted molar refractivity (Wildman–Crippen MR) is 113 cm³/mol. The molecule has 0 aliphatic rings. The minimum Gasteiger partial charge on any atom is -0.465 e. The molecule has 0 saturated carbocycles. The molecule has 0 saturated heterocycles. The first-order chi connectivity index (χ1) is 11.5. The smallest absolute Gasteiger partial charge is 0.339 e. The summed E-state index contributed by atoms with van der Waals surface area (Å²) in [5, 5.41) is 2.33. The number of hydrogen-bond acceptors (Lipinski definition) is 2. The highest BCUT2D eigenvalue weighted by Gasteiger charge is 2.22. The third kappa shape index (κ3) is 2.69. The maximum atomic E-state index is 12.5. The standard InChI is InChI=1S/C18H16B3BrO2/c1-24-18(23)13-12(14(19)15(20)16(21)17(13)22)11-7-6-9-4-2-3-5-10(9)8-11/h2-8H,19-21H2,1H3. The molecular weight excluding hydrogens is 361 g/mol. The van der Waals surface area contributed by atoms with Crippen molar-refractivity contribution >= 4 is 72.6 Å². The van der Waals surface area contributed by atoms with E-state index in [1.54, 1.807) is 0 Å². The molecule has 0 amide bonds. The van der Waals surface area contributed by atoms with Crippen LogP contribution in [0.3, 0.4) is 0 Å². The highest BCUT2D eigenvalue weighted by Crippen LogP contribution is 2.29. The van der Waals surface area contributed by atoms with Gasteiger partial charge < -0.3 is 4.74 Å². The topological polar surface area (TPSA) is 26.3 Å². The zero-order valence-corrected chi connectivity index (χ0v) is 15.8. The second-order valence-corrected chi connectivity index (χ2v) is 6.79. The fourth-order valence-corrected chi connectivity index (χ4v) is 3.78. The summed E-state index contributed by atoms with van der Waals surface area (Å²) in [6.07, 6.45) is 0. The molecule has 0 bridgehead atoms. The van der Waals surface area contributed by atoms with Crippen molar-refractivity contribution in [1.29, 1.82) is 0 Å². The van der Waals surface area contributed by atoms with E-state index in [1.165, 1.54) is 18.0 Å². The lowest BCUT2D eigenvalue weighted by atomic mass is 9.68. The van der Waals surface area contributed by atoms with Crippen LogP contribution in [0.1, 0.15) is 10.4 Å². The van der Waals surface area contributed by atoms with Crippen molar-refractivity contribution in [2.24, 2.45) is 0 Å². The van der Waals surface area contributed by atoms with Gasteiger partial charge in [-0.15, -0.1) is 0 Å². The van der Waals surface area contributed by atoms with E-state index in [2.05, 4.69) is 62.0 Å². The molecule has 0 fully saturated rings. The number of hydrogen-bond donors (Lipinski definition) is 0. The van der Waals surface area contributed by atoms with Gasteiger partial charge in [0.1, 0.15) is 23.5 Å². The largest absolute Gasteiger partial charge is 0.465 e. The Bertz CT molecular complexity index is 970. The number of halogens is 1. The monoisotopic (exact) mass is 376 g/mol. The van der Waals surface area contributed by atoms with Crippen molar-refractivity contribution in [2.45, 2.75) is 0 Å². The zero-order valence-electron chi connectivity index (χ0n) is 14.2. The van der Waals surface area contributed by atoms with E-state index in [1.807, 2.05) is 20.0 Å². The van der Waals surface area contributed by atoms with Gasteiger partial charge in [-0.2, -0.15) is 0 Å². The molecule has 0 aromatic heterocycles. The highest BCUT2D eigenvalue weighted by atomic mass is 79.9. The third-order valence-electron chi connectivity index (χ3n) is 4.73. The molecule has 3 aromatic carbocycles. The molecule has 0 heterocycles. The van der Waals surface area contributed by atoms with Gasteiger partial charge in [-0.3, -0.25) is 0 Å². The van der Waals surface area contributed by atoms with Crippen molar-refractivity contribution < 1.29 is 9.53 Å². The van der Waals surface area contributed by atoms with Gasteiger partial charge >= 0.3 is 5.97 Å². The summed E-state index contributed by atoms with van der Waals surface area (Å²) in [6, 6.07) is 14.5. The van der Waals surface area contributed by atoms with E-state index in [4.69, 9.17) is 4.74 Å². The average Bonchev–Trinajstić information content (AvgIpc) is 2.61. The number of ether oxygens (including phenoxy) is 1. The molecule has 0 aliphatic heterocycles. The SMILES string of the molecule is Bc1c(B)c(Br)c(C(=O)OC)c(-c2ccc3ccccc3c2)c1B. The fourth-order valence-electron chi connectivity index (χ4n) is 3.12. The summed E-state index contributed by atoms with van der Waals surface area (Å²) in [4.78, 5) is 12.5. The van der Waals surface area contributed by atoms with Crippen molar-refractivity contribution in [3.8, 4) is 11.1 Å². The van der Waals surface area contributed by atoms with E-state index >= 15 is 0 Å². The van der Waals surface area contributed by atoms with Crippen molar-refractivity contribution in [3.05, 3.63) is 52.5 Å². The van der Waals surface area contributed by atoms with Crippen LogP contribution in [0.15, 0.2) is 46.9 Å². The Morgan fingerprint density at radius 2 is 1.62 bits per heavy atom. The average molecular weight is 377 g/mol. The van der Waals surface area contributed by atoms with Crippen molar-refractivity contribution in [2.75, 3.05) is 7.11 Å². The number of carbonyl (C=O) groups is 1. The zero-order chi connectivity index (χ0) is 17.4. The Balaban J connectivity index is 2.38. The molecule has 0 atom stereocenters. The molecule has 3 aromatic rings. The molecule has 0 spiro atoms. The minimum atomic E-state index is -0.323. The fraction of sp³-hybridized carbons (Fsp3) is 0.0556. The molecule has 6 heteroatoms. The van der Waals surface area contributed by atoms with Crippen LogP contribution < -0.4 is 16.4 Å². The second-order valence-electron chi connectivity index (χ2n) is 5.99. The Hall–Kier alpha value is -1.94. The summed E-state index contributed by atoms with van der Waals surface area (Å²) in [6.45, 7) is 0. The minimum absolute atomic E-state index is 0.323. The van der Waals surface area contributed by atoms with Crippen LogP contribution in [0.25, 0.3) is 21.9 Å². The Morgan fingerprint density at radius 3 is 2.29 bits per heavy atom. The molecule has 3 rings (SSSR count). The third-order valence-corrected chi connectivity index (χ3v) is 5.72. The van der Waals surface area contributed by atoms with E-state index in [0.717, 1.165) is 31.9 Å². The first-order valence-electron chi connectivity index (χ1n) is 7.82. The number of methoxy groups -OCH3 is 1. The van der Waals surface area contributed by atoms with Crippen LogP contribution in [0.4, 0.5) is 0 Å². The number of esters is 1. The maximum Gasteiger partial charge on any atom is 0.339 e. The summed E-state index contributed by atoms with van der Waals surface area (Å²) in [7, 11) is 7.58. The summed E-state index contributed by atoms with van der Waals surface area (Å²) >= 11 is 3.60. The molecule has 24 heavy (non-hydrogen) atoms. The van der Waals surface area contributed by atoms with Crippen LogP contribution in [0.5, 0.6) is 0 Å². The van der Waals surface area contributed by atoms with E-state index in [9.17, 15) is 4.79 Å². The molecule has 2 nitrogen and oxygen atoms in total. The quantitative estimate of drug-likeness (QED) is 0.459. The van der Waals surface area contributed by atoms with Gasteiger partial charge in [0, 0.05) is 4.47 Å². The lowest BCUT2D eigenvalue weighted by Gasteiger charge is -2.20. The van der Waals surface area contributed by atoms with Gasteiger partial charge in [-0.1, -0.05) is 68.7 Å². The van der Waals surface area contributed by atoms with E-state index in [-0.39, 0.29) is 5.97 Å². The normalized spacial score (nSPS) is 10.8. The first kappa shape index (κ1) is 16.9. The molecule has 0 N–H and O–H groups in total. The Kier molecular flexibility index (Phi) is 4.59. The van der Waals surface area contributed by atoms with Crippen LogP contribution in [-0.2, 0) is 4.74 Å². The highest BCUT2D eigenvalue weighted by molar-refractivity contribution is 9.10. The number of fused-ring (bicyclic) bond motifs is 1. The lowest BCUT2D eigenvalue weighted by Crippen LogP contribution is -2.42. The van der Waals surface area contributed by atoms with E-state index in [0.29, 0.717) is 5.56 Å². The van der Waals surface area contributed by atoms with Crippen LogP contribution in [0, 0.1) is 0 Å². The van der Waals surface area contributed by atoms with Gasteiger partial charge in [-0.25, -0.2) is 4.79 Å². The maximum absolute atomic E-state index is 12.5. The molecule has 0 radical (unpaired) electrons. The van der Waals surface area contributed by atoms with Gasteiger partial charge in [0.05, 0.1) is 12.7 Å². The lowest BCUT2D eigenvalue weighted by molar-refractivity contribution is 0.0601. The van der Waals surface area contributed by atoms with Gasteiger partial charge in [-0.05, 0) is 28.0 Å². The van der Waals surface area contributed by atoms with Crippen molar-refractivity contribution in [1.82, 2.24) is 0 Å². The summed E-state index contributed by atoms with van der Waals surface area (Å²) < 4.78 is 5.85. The van der Waals surface area contributed by atoms with Crippen molar-refractivity contribution in [3.63, 3.8) is 0 Å². The summed E-state index contributed by atoms with van der Waals surface area (Å²) in [5.41, 5.74) is 5.90. The number of rotatable bonds is 2. The molecular formula is C18H16B3BrO2. The number of benzene rings is 3. The Morgan fingerprint density at radius 1 is 0.958 bits per heavy atom. The van der Waals surface area contributed by atoms with Gasteiger partial charge in [0.2, 0.25) is 0 Å². The van der Waals surface area contributed by atoms with E-state index < -0.39 is 0 Å². The molecule has 0 unspecified atom stereocenters. The van der Waals surface area contributed by atoms with Crippen LogP contribution in [0.2, 0.25) is 0 Å². The van der Waals surface area contributed by atoms with Crippen LogP contribution in [-0.4, -0.2) is 36.6 Å². The first-order valence-corrected chi connectivity index (χ1v) is 8.61. The molecule has 116 valence electrons. The molecule has 0 aliphatic carbocycles. The Labute approximate surface area is 152 Å². The summed E-state index contributed by atoms with van der Waals surface area (Å²) in [5.74, 6) is -0.323. The predicted octanol–water partition coefficient (Wildman–Crippen LogP) is -0.169. The van der Waals surface area contributed by atoms with Gasteiger partial charge in [0.15, 0.2) is 0 Å². The second kappa shape index (κ2) is 6.52. The number of carbonyl (C=O) groups excluding carboxylic acids is 1. The van der Waals surface area contributed by atoms with Gasteiger partial charge in [0.25, 0.3) is 0 Å².